The Kier molecular flexibility index (Phi) is 7.08. The first-order valence-corrected chi connectivity index (χ1v) is 8.58. The Bertz CT molecular complexity index is 854. The van der Waals surface area contributed by atoms with Gasteiger partial charge in [0, 0.05) is 42.1 Å². The third-order valence-electron chi connectivity index (χ3n) is 3.66. The Labute approximate surface area is 160 Å². The van der Waals surface area contributed by atoms with Crippen LogP contribution >= 0.6 is 0 Å². The fraction of sp³-hybridized carbons (Fsp3) is 0.368. The highest BCUT2D eigenvalue weighted by molar-refractivity contribution is 5.94. The Morgan fingerprint density at radius 3 is 2.61 bits per heavy atom. The van der Waals surface area contributed by atoms with E-state index in [0.29, 0.717) is 29.1 Å². The van der Waals surface area contributed by atoms with Gasteiger partial charge in [-0.25, -0.2) is 0 Å². The summed E-state index contributed by atoms with van der Waals surface area (Å²) >= 11 is 0. The molecule has 0 aliphatic carbocycles. The lowest BCUT2D eigenvalue weighted by molar-refractivity contribution is -0.153. The summed E-state index contributed by atoms with van der Waals surface area (Å²) in [5, 5.41) is 2.64. The van der Waals surface area contributed by atoms with Gasteiger partial charge in [-0.3, -0.25) is 19.6 Å². The molecule has 0 bridgehead atoms. The van der Waals surface area contributed by atoms with Crippen LogP contribution in [0.2, 0.25) is 0 Å². The lowest BCUT2D eigenvalue weighted by Crippen LogP contribution is -2.24. The Hall–Kier alpha value is -2.97. The van der Waals surface area contributed by atoms with Crippen molar-refractivity contribution in [2.45, 2.75) is 39.4 Å². The van der Waals surface area contributed by atoms with Crippen molar-refractivity contribution in [2.24, 2.45) is 0 Å². The normalized spacial score (nSPS) is 11.2. The highest BCUT2D eigenvalue weighted by atomic mass is 19.4. The van der Waals surface area contributed by atoms with Crippen LogP contribution in [0.3, 0.4) is 0 Å². The predicted molar refractivity (Wildman–Crippen MR) is 94.9 cm³/mol. The van der Waals surface area contributed by atoms with Crippen LogP contribution in [-0.2, 0) is 17.8 Å². The first-order valence-electron chi connectivity index (χ1n) is 8.58. The molecule has 0 fully saturated rings. The van der Waals surface area contributed by atoms with E-state index in [-0.39, 0.29) is 24.5 Å². The number of aromatic nitrogens is 2. The first-order chi connectivity index (χ1) is 13.2. The minimum absolute atomic E-state index is 0.00659. The smallest absolute Gasteiger partial charge is 0.422 e. The number of halogens is 3. The molecule has 150 valence electrons. The number of nitrogens with one attached hydrogen (secondary N) is 1. The molecular weight excluding hydrogens is 375 g/mol. The largest absolute Gasteiger partial charge is 0.484 e. The van der Waals surface area contributed by atoms with Crippen molar-refractivity contribution in [1.29, 1.82) is 0 Å². The second kappa shape index (κ2) is 9.29. The highest BCUT2D eigenvalue weighted by Gasteiger charge is 2.28. The third-order valence-corrected chi connectivity index (χ3v) is 3.66. The zero-order valence-corrected chi connectivity index (χ0v) is 15.5. The molecule has 9 heteroatoms. The van der Waals surface area contributed by atoms with Crippen molar-refractivity contribution < 1.29 is 27.5 Å². The molecule has 0 aliphatic heterocycles. The molecule has 2 aromatic rings. The van der Waals surface area contributed by atoms with E-state index in [0.717, 1.165) is 0 Å². The second-order valence-corrected chi connectivity index (χ2v) is 6.13. The van der Waals surface area contributed by atoms with Crippen LogP contribution < -0.4 is 10.1 Å². The van der Waals surface area contributed by atoms with Gasteiger partial charge >= 0.3 is 6.18 Å². The highest BCUT2D eigenvalue weighted by Crippen LogP contribution is 2.18. The number of ketones is 1. The van der Waals surface area contributed by atoms with Gasteiger partial charge in [0.2, 0.25) is 0 Å². The molecule has 0 unspecified atom stereocenters. The van der Waals surface area contributed by atoms with Gasteiger partial charge in [-0.1, -0.05) is 6.92 Å². The molecule has 0 aliphatic rings. The van der Waals surface area contributed by atoms with Gasteiger partial charge in [0.25, 0.3) is 5.91 Å². The Balaban J connectivity index is 2.01. The summed E-state index contributed by atoms with van der Waals surface area (Å²) < 4.78 is 41.3. The summed E-state index contributed by atoms with van der Waals surface area (Å²) in [4.78, 5) is 32.2. The molecule has 0 spiro atoms. The van der Waals surface area contributed by atoms with Crippen LogP contribution in [0, 0.1) is 6.92 Å². The summed E-state index contributed by atoms with van der Waals surface area (Å²) in [6, 6.07) is 5.77. The number of aryl methyl sites for hydroxylation is 1. The topological polar surface area (TPSA) is 81.2 Å². The molecule has 1 amide bonds. The van der Waals surface area contributed by atoms with Crippen molar-refractivity contribution in [3.05, 3.63) is 53.1 Å². The number of pyridine rings is 2. The number of ether oxygens (including phenoxy) is 1. The van der Waals surface area contributed by atoms with E-state index in [1.807, 2.05) is 0 Å². The number of amides is 1. The average Bonchev–Trinajstić information content (AvgIpc) is 2.63. The van der Waals surface area contributed by atoms with E-state index < -0.39 is 18.7 Å². The molecule has 1 N–H and O–H groups in total. The maximum Gasteiger partial charge on any atom is 0.422 e. The van der Waals surface area contributed by atoms with Crippen molar-refractivity contribution >= 4 is 11.7 Å². The molecule has 0 saturated carbocycles. The molecule has 0 atom stereocenters. The number of hydrogen-bond donors (Lipinski definition) is 1. The van der Waals surface area contributed by atoms with E-state index >= 15 is 0 Å². The van der Waals surface area contributed by atoms with Gasteiger partial charge in [-0.05, 0) is 25.1 Å². The quantitative estimate of drug-likeness (QED) is 0.743. The Morgan fingerprint density at radius 1 is 1.18 bits per heavy atom. The van der Waals surface area contributed by atoms with Gasteiger partial charge in [0.1, 0.15) is 11.5 Å². The summed E-state index contributed by atoms with van der Waals surface area (Å²) in [6.07, 6.45) is -2.60. The number of carbonyl (C=O) groups excluding carboxylic acids is 2. The molecule has 2 aromatic heterocycles. The van der Waals surface area contributed by atoms with E-state index in [2.05, 4.69) is 20.0 Å². The second-order valence-electron chi connectivity index (χ2n) is 6.13. The molecule has 0 radical (unpaired) electrons. The number of rotatable bonds is 8. The first kappa shape index (κ1) is 21.3. The summed E-state index contributed by atoms with van der Waals surface area (Å²) in [7, 11) is 0. The average molecular weight is 395 g/mol. The van der Waals surface area contributed by atoms with Crippen LogP contribution in [-0.4, -0.2) is 34.4 Å². The molecule has 0 saturated heterocycles. The molecular formula is C19H20F3N3O3. The summed E-state index contributed by atoms with van der Waals surface area (Å²) in [5.74, 6) is -0.375. The van der Waals surface area contributed by atoms with Gasteiger partial charge in [-0.2, -0.15) is 13.2 Å². The fourth-order valence-corrected chi connectivity index (χ4v) is 2.37. The minimum Gasteiger partial charge on any atom is -0.484 e. The van der Waals surface area contributed by atoms with E-state index in [9.17, 15) is 22.8 Å². The molecule has 6 nitrogen and oxygen atoms in total. The molecule has 28 heavy (non-hydrogen) atoms. The predicted octanol–water partition coefficient (Wildman–Crippen LogP) is 3.18. The maximum absolute atomic E-state index is 12.4. The SMILES string of the molecule is CCC(=O)Cc1cc(C(=O)NCc2cc(OCC(F)(F)F)ccn2)cc(C)n1. The third kappa shape index (κ3) is 6.98. The summed E-state index contributed by atoms with van der Waals surface area (Å²) in [6.45, 7) is 2.08. The van der Waals surface area contributed by atoms with Crippen molar-refractivity contribution in [1.82, 2.24) is 15.3 Å². The number of hydrogen-bond acceptors (Lipinski definition) is 5. The van der Waals surface area contributed by atoms with E-state index in [1.54, 1.807) is 26.0 Å². The van der Waals surface area contributed by atoms with Crippen molar-refractivity contribution in [3.63, 3.8) is 0 Å². The van der Waals surface area contributed by atoms with Crippen LogP contribution in [0.15, 0.2) is 30.5 Å². The van der Waals surface area contributed by atoms with Crippen molar-refractivity contribution in [3.8, 4) is 5.75 Å². The number of Topliss-reactive ketones (excluding diaryl/α,β-unsaturated/α-hetero) is 1. The lowest BCUT2D eigenvalue weighted by atomic mass is 10.1. The molecule has 2 rings (SSSR count). The van der Waals surface area contributed by atoms with Crippen LogP contribution in [0.4, 0.5) is 13.2 Å². The van der Waals surface area contributed by atoms with E-state index in [4.69, 9.17) is 0 Å². The van der Waals surface area contributed by atoms with Gasteiger partial charge in [0.15, 0.2) is 6.61 Å². The maximum atomic E-state index is 12.4. The van der Waals surface area contributed by atoms with Gasteiger partial charge in [-0.15, -0.1) is 0 Å². The van der Waals surface area contributed by atoms with Crippen molar-refractivity contribution in [2.75, 3.05) is 6.61 Å². The number of nitrogens with zero attached hydrogens (tertiary/aromatic N) is 2. The monoisotopic (exact) mass is 395 g/mol. The van der Waals surface area contributed by atoms with Crippen LogP contribution in [0.1, 0.15) is 40.8 Å². The fourth-order valence-electron chi connectivity index (χ4n) is 2.37. The lowest BCUT2D eigenvalue weighted by Gasteiger charge is -2.11. The minimum atomic E-state index is -4.44. The zero-order valence-electron chi connectivity index (χ0n) is 15.5. The van der Waals surface area contributed by atoms with E-state index in [1.165, 1.54) is 18.3 Å². The molecule has 0 aromatic carbocycles. The Morgan fingerprint density at radius 2 is 1.93 bits per heavy atom. The van der Waals surface area contributed by atoms with Gasteiger partial charge in [0.05, 0.1) is 12.2 Å². The van der Waals surface area contributed by atoms with Crippen LogP contribution in [0.5, 0.6) is 5.75 Å². The molecule has 2 heterocycles. The zero-order chi connectivity index (χ0) is 20.7. The summed E-state index contributed by atoms with van der Waals surface area (Å²) in [5.41, 5.74) is 1.81. The van der Waals surface area contributed by atoms with Crippen LogP contribution in [0.25, 0.3) is 0 Å². The number of alkyl halides is 3. The van der Waals surface area contributed by atoms with Gasteiger partial charge < -0.3 is 10.1 Å². The number of carbonyl (C=O) groups is 2. The standard InChI is InChI=1S/C19H20F3N3O3/c1-3-16(26)8-14-7-13(6-12(2)25-14)18(27)24-10-15-9-17(4-5-23-15)28-11-19(20,21)22/h4-7,9H,3,8,10-11H2,1-2H3,(H,24,27).